The molecule has 2 nitrogen and oxygen atoms in total. The molecule has 0 bridgehead atoms. The minimum atomic E-state index is 1.75. The van der Waals surface area contributed by atoms with Crippen LogP contribution in [-0.4, -0.2) is 25.3 Å². The van der Waals surface area contributed by atoms with Gasteiger partial charge in [-0.15, -0.1) is 0 Å². The number of allylic oxidation sites excluding steroid dienone is 2. The zero-order chi connectivity index (χ0) is 6.41. The van der Waals surface area contributed by atoms with E-state index in [1.165, 1.54) is 0 Å². The molecule has 0 saturated carbocycles. The summed E-state index contributed by atoms with van der Waals surface area (Å²) < 4.78 is 0. The summed E-state index contributed by atoms with van der Waals surface area (Å²) in [6, 6.07) is 0. The Hall–Kier alpha value is -0.790. The second kappa shape index (κ2) is 4.37. The van der Waals surface area contributed by atoms with Gasteiger partial charge in [0.25, 0.3) is 0 Å². The van der Waals surface area contributed by atoms with E-state index in [1.807, 2.05) is 33.2 Å². The third-order valence-electron chi connectivity index (χ3n) is 0.576. The fourth-order valence-corrected chi connectivity index (χ4v) is 0.258. The quantitative estimate of drug-likeness (QED) is 0.386. The van der Waals surface area contributed by atoms with Gasteiger partial charge in [-0.2, -0.15) is 5.10 Å². The van der Waals surface area contributed by atoms with Crippen molar-refractivity contribution in [2.24, 2.45) is 5.10 Å². The summed E-state index contributed by atoms with van der Waals surface area (Å²) in [6.45, 7) is 1.96. The maximum absolute atomic E-state index is 3.94. The van der Waals surface area contributed by atoms with Crippen molar-refractivity contribution in [2.45, 2.75) is 6.92 Å². The normalized spacial score (nSPS) is 11.4. The lowest BCUT2D eigenvalue weighted by Gasteiger charge is -1.99. The highest BCUT2D eigenvalue weighted by molar-refractivity contribution is 5.70. The zero-order valence-corrected chi connectivity index (χ0v) is 5.63. The van der Waals surface area contributed by atoms with Crippen molar-refractivity contribution in [1.82, 2.24) is 5.01 Å². The summed E-state index contributed by atoms with van der Waals surface area (Å²) in [5.74, 6) is 0. The average Bonchev–Trinajstić information content (AvgIpc) is 1.66. The predicted molar refractivity (Wildman–Crippen MR) is 37.0 cm³/mol. The molecular formula is C6H12N2. The molecule has 0 aliphatic heterocycles. The lowest BCUT2D eigenvalue weighted by Crippen LogP contribution is -2.00. The van der Waals surface area contributed by atoms with Crippen molar-refractivity contribution in [2.75, 3.05) is 14.1 Å². The van der Waals surface area contributed by atoms with Crippen LogP contribution >= 0.6 is 0 Å². The van der Waals surface area contributed by atoms with Gasteiger partial charge in [-0.1, -0.05) is 6.08 Å². The van der Waals surface area contributed by atoms with Gasteiger partial charge in [-0.05, 0) is 13.0 Å². The van der Waals surface area contributed by atoms with Crippen LogP contribution < -0.4 is 0 Å². The largest absolute Gasteiger partial charge is 0.303 e. The van der Waals surface area contributed by atoms with Crippen molar-refractivity contribution >= 4 is 6.21 Å². The third-order valence-corrected chi connectivity index (χ3v) is 0.576. The summed E-state index contributed by atoms with van der Waals surface area (Å²) in [6.07, 6.45) is 5.58. The van der Waals surface area contributed by atoms with E-state index in [4.69, 9.17) is 0 Å². The Morgan fingerprint density at radius 3 is 2.38 bits per heavy atom. The molecule has 0 heterocycles. The molecule has 0 fully saturated rings. The molecule has 0 aromatic carbocycles. The lowest BCUT2D eigenvalue weighted by molar-refractivity contribution is 0.440. The average molecular weight is 112 g/mol. The molecular weight excluding hydrogens is 100 g/mol. The Morgan fingerprint density at radius 2 is 2.00 bits per heavy atom. The molecule has 8 heavy (non-hydrogen) atoms. The molecule has 0 aromatic rings. The molecule has 0 unspecified atom stereocenters. The van der Waals surface area contributed by atoms with Crippen LogP contribution in [0.3, 0.4) is 0 Å². The van der Waals surface area contributed by atoms with Gasteiger partial charge in [-0.25, -0.2) is 0 Å². The van der Waals surface area contributed by atoms with Gasteiger partial charge in [0.15, 0.2) is 0 Å². The van der Waals surface area contributed by atoms with Crippen molar-refractivity contribution in [3.05, 3.63) is 12.2 Å². The Morgan fingerprint density at radius 1 is 1.38 bits per heavy atom. The van der Waals surface area contributed by atoms with E-state index < -0.39 is 0 Å². The Balaban J connectivity index is 3.34. The van der Waals surface area contributed by atoms with Crippen molar-refractivity contribution in [3.63, 3.8) is 0 Å². The maximum Gasteiger partial charge on any atom is 0.0466 e. The minimum absolute atomic E-state index is 1.75. The molecule has 2 heteroatoms. The molecule has 0 aliphatic carbocycles. The van der Waals surface area contributed by atoms with Gasteiger partial charge >= 0.3 is 0 Å². The topological polar surface area (TPSA) is 15.6 Å². The highest BCUT2D eigenvalue weighted by atomic mass is 15.4. The summed E-state index contributed by atoms with van der Waals surface area (Å²) in [4.78, 5) is 0. The van der Waals surface area contributed by atoms with Crippen LogP contribution in [0.4, 0.5) is 0 Å². The van der Waals surface area contributed by atoms with Crippen LogP contribution in [0, 0.1) is 0 Å². The van der Waals surface area contributed by atoms with E-state index in [-0.39, 0.29) is 0 Å². The Kier molecular flexibility index (Phi) is 3.94. The summed E-state index contributed by atoms with van der Waals surface area (Å²) in [5, 5.41) is 5.69. The van der Waals surface area contributed by atoms with Gasteiger partial charge < -0.3 is 5.01 Å². The van der Waals surface area contributed by atoms with Gasteiger partial charge in [-0.3, -0.25) is 0 Å². The molecule has 0 saturated heterocycles. The molecule has 0 rings (SSSR count). The summed E-state index contributed by atoms with van der Waals surface area (Å²) in [5.41, 5.74) is 0. The van der Waals surface area contributed by atoms with Gasteiger partial charge in [0, 0.05) is 20.3 Å². The van der Waals surface area contributed by atoms with Crippen molar-refractivity contribution < 1.29 is 0 Å². The fourth-order valence-electron chi connectivity index (χ4n) is 0.258. The van der Waals surface area contributed by atoms with E-state index in [2.05, 4.69) is 5.10 Å². The number of hydrazone groups is 1. The van der Waals surface area contributed by atoms with E-state index >= 15 is 0 Å². The van der Waals surface area contributed by atoms with Crippen molar-refractivity contribution in [1.29, 1.82) is 0 Å². The first kappa shape index (κ1) is 7.21. The van der Waals surface area contributed by atoms with Gasteiger partial charge in [0.05, 0.1) is 0 Å². The molecule has 0 spiro atoms. The highest BCUT2D eigenvalue weighted by Gasteiger charge is 1.68. The fraction of sp³-hybridized carbons (Fsp3) is 0.500. The van der Waals surface area contributed by atoms with Crippen LogP contribution in [0.1, 0.15) is 6.92 Å². The van der Waals surface area contributed by atoms with E-state index in [0.717, 1.165) is 0 Å². The summed E-state index contributed by atoms with van der Waals surface area (Å²) in [7, 11) is 3.78. The van der Waals surface area contributed by atoms with E-state index in [9.17, 15) is 0 Å². The molecule has 0 aromatic heterocycles. The number of nitrogens with zero attached hydrogens (tertiary/aromatic N) is 2. The monoisotopic (exact) mass is 112 g/mol. The molecule has 0 radical (unpaired) electrons. The van der Waals surface area contributed by atoms with Crippen LogP contribution in [0.15, 0.2) is 17.3 Å². The van der Waals surface area contributed by atoms with E-state index in [0.29, 0.717) is 0 Å². The minimum Gasteiger partial charge on any atom is -0.303 e. The van der Waals surface area contributed by atoms with Gasteiger partial charge in [0.1, 0.15) is 0 Å². The first-order valence-electron chi connectivity index (χ1n) is 2.60. The first-order valence-corrected chi connectivity index (χ1v) is 2.60. The Bertz CT molecular complexity index is 92.7. The molecule has 0 amide bonds. The first-order chi connectivity index (χ1) is 3.77. The second-order valence-corrected chi connectivity index (χ2v) is 1.64. The van der Waals surface area contributed by atoms with Gasteiger partial charge in [0.2, 0.25) is 0 Å². The van der Waals surface area contributed by atoms with E-state index in [1.54, 1.807) is 11.2 Å². The lowest BCUT2D eigenvalue weighted by atomic mass is 10.6. The molecule has 0 N–H and O–H groups in total. The number of hydrogen-bond donors (Lipinski definition) is 0. The summed E-state index contributed by atoms with van der Waals surface area (Å²) >= 11 is 0. The van der Waals surface area contributed by atoms with Crippen LogP contribution in [0.25, 0.3) is 0 Å². The standard InChI is InChI=1S/C6H12N2/c1-4-5-6-7-8(2)3/h4-6H,1-3H3/b5-4+,7-6-. The molecule has 0 aliphatic rings. The van der Waals surface area contributed by atoms with Crippen LogP contribution in [0.5, 0.6) is 0 Å². The zero-order valence-electron chi connectivity index (χ0n) is 5.63. The second-order valence-electron chi connectivity index (χ2n) is 1.64. The predicted octanol–water partition coefficient (Wildman–Crippen LogP) is 1.11. The molecule has 46 valence electrons. The third kappa shape index (κ3) is 5.21. The Labute approximate surface area is 50.5 Å². The smallest absolute Gasteiger partial charge is 0.0466 e. The highest BCUT2D eigenvalue weighted by Crippen LogP contribution is 1.71. The van der Waals surface area contributed by atoms with Crippen LogP contribution in [0.2, 0.25) is 0 Å². The maximum atomic E-state index is 3.94. The SMILES string of the molecule is C/C=C/C=N\N(C)C. The number of rotatable bonds is 2. The van der Waals surface area contributed by atoms with Crippen molar-refractivity contribution in [3.8, 4) is 0 Å². The molecule has 0 atom stereocenters. The number of hydrogen-bond acceptors (Lipinski definition) is 2. The van der Waals surface area contributed by atoms with Crippen LogP contribution in [-0.2, 0) is 0 Å².